The van der Waals surface area contributed by atoms with Crippen molar-refractivity contribution in [3.05, 3.63) is 17.0 Å². The molecule has 114 valence electrons. The standard InChI is InChI=1S/C14H20N4O2S/c1-10(2)16-13(20)9-18(3)6-4-12(19)17-14-11(8-15)5-7-21-14/h5,7,10H,4,6,9H2,1-3H3,(H,16,20)(H,17,19)/p+1. The molecule has 0 aliphatic carbocycles. The van der Waals surface area contributed by atoms with Crippen LogP contribution in [0.1, 0.15) is 25.8 Å². The van der Waals surface area contributed by atoms with Crippen LogP contribution in [0.3, 0.4) is 0 Å². The quantitative estimate of drug-likeness (QED) is 0.662. The van der Waals surface area contributed by atoms with Crippen molar-refractivity contribution in [2.45, 2.75) is 26.3 Å². The van der Waals surface area contributed by atoms with Crippen molar-refractivity contribution >= 4 is 28.2 Å². The van der Waals surface area contributed by atoms with E-state index in [0.717, 1.165) is 4.90 Å². The molecule has 0 saturated carbocycles. The summed E-state index contributed by atoms with van der Waals surface area (Å²) in [6.07, 6.45) is 0.309. The predicted molar refractivity (Wildman–Crippen MR) is 82.2 cm³/mol. The Morgan fingerprint density at radius 3 is 2.76 bits per heavy atom. The Hall–Kier alpha value is -1.91. The minimum atomic E-state index is -0.141. The van der Waals surface area contributed by atoms with Gasteiger partial charge in [0, 0.05) is 6.04 Å². The molecule has 0 spiro atoms. The van der Waals surface area contributed by atoms with Gasteiger partial charge in [0.25, 0.3) is 5.91 Å². The normalized spacial score (nSPS) is 11.8. The number of hydrogen-bond acceptors (Lipinski definition) is 4. The van der Waals surface area contributed by atoms with Crippen molar-refractivity contribution in [3.63, 3.8) is 0 Å². The maximum Gasteiger partial charge on any atom is 0.275 e. The Bertz CT molecular complexity index is 533. The lowest BCUT2D eigenvalue weighted by Crippen LogP contribution is -3.10. The van der Waals surface area contributed by atoms with E-state index in [2.05, 4.69) is 10.6 Å². The van der Waals surface area contributed by atoms with Crippen LogP contribution in [0.25, 0.3) is 0 Å². The number of rotatable bonds is 7. The highest BCUT2D eigenvalue weighted by atomic mass is 32.1. The van der Waals surface area contributed by atoms with Gasteiger partial charge >= 0.3 is 0 Å². The molecule has 0 saturated heterocycles. The van der Waals surface area contributed by atoms with Crippen LogP contribution >= 0.6 is 11.3 Å². The molecule has 0 aromatic carbocycles. The summed E-state index contributed by atoms with van der Waals surface area (Å²) in [6, 6.07) is 3.82. The molecule has 21 heavy (non-hydrogen) atoms. The molecule has 1 atom stereocenters. The summed E-state index contributed by atoms with van der Waals surface area (Å²) in [6.45, 7) is 4.72. The van der Waals surface area contributed by atoms with Crippen molar-refractivity contribution < 1.29 is 14.5 Å². The van der Waals surface area contributed by atoms with Gasteiger partial charge in [-0.15, -0.1) is 11.3 Å². The van der Waals surface area contributed by atoms with Crippen molar-refractivity contribution in [1.29, 1.82) is 5.26 Å². The molecule has 0 aliphatic heterocycles. The number of nitrogens with zero attached hydrogens (tertiary/aromatic N) is 1. The van der Waals surface area contributed by atoms with Crippen LogP contribution in [0.5, 0.6) is 0 Å². The molecule has 3 N–H and O–H groups in total. The van der Waals surface area contributed by atoms with Gasteiger partial charge in [-0.05, 0) is 25.3 Å². The molecule has 7 heteroatoms. The monoisotopic (exact) mass is 309 g/mol. The van der Waals surface area contributed by atoms with Crippen LogP contribution in [0.4, 0.5) is 5.00 Å². The molecular weight excluding hydrogens is 288 g/mol. The smallest absolute Gasteiger partial charge is 0.275 e. The zero-order chi connectivity index (χ0) is 15.8. The van der Waals surface area contributed by atoms with Gasteiger partial charge in [-0.1, -0.05) is 0 Å². The number of carbonyl (C=O) groups is 2. The summed E-state index contributed by atoms with van der Waals surface area (Å²) in [5.74, 6) is -0.162. The van der Waals surface area contributed by atoms with Crippen LogP contribution in [0.15, 0.2) is 11.4 Å². The Kier molecular flexibility index (Phi) is 6.85. The number of carbonyl (C=O) groups excluding carboxylic acids is 2. The van der Waals surface area contributed by atoms with Gasteiger partial charge in [0.15, 0.2) is 6.54 Å². The van der Waals surface area contributed by atoms with Crippen molar-refractivity contribution in [2.75, 3.05) is 25.5 Å². The summed E-state index contributed by atoms with van der Waals surface area (Å²) in [7, 11) is 1.87. The van der Waals surface area contributed by atoms with Gasteiger partial charge in [-0.2, -0.15) is 5.26 Å². The first kappa shape index (κ1) is 17.1. The SMILES string of the molecule is CC(C)NC(=O)C[NH+](C)CCC(=O)Nc1sccc1C#N. The van der Waals surface area contributed by atoms with Gasteiger partial charge in [-0.3, -0.25) is 9.59 Å². The molecule has 0 bridgehead atoms. The number of likely N-dealkylation sites (N-methyl/N-ethyl adjacent to an activating group) is 1. The first-order valence-corrected chi connectivity index (χ1v) is 7.68. The molecule has 0 radical (unpaired) electrons. The van der Waals surface area contributed by atoms with Gasteiger partial charge < -0.3 is 15.5 Å². The van der Waals surface area contributed by atoms with Crippen LogP contribution < -0.4 is 15.5 Å². The Morgan fingerprint density at radius 2 is 2.14 bits per heavy atom. The van der Waals surface area contributed by atoms with E-state index < -0.39 is 0 Å². The number of hydrogen-bond donors (Lipinski definition) is 3. The number of quaternary nitrogens is 1. The third-order valence-corrected chi connectivity index (χ3v) is 3.56. The first-order valence-electron chi connectivity index (χ1n) is 6.80. The van der Waals surface area contributed by atoms with Gasteiger partial charge in [-0.25, -0.2) is 0 Å². The second kappa shape index (κ2) is 8.39. The summed E-state index contributed by atoms with van der Waals surface area (Å²) in [5, 5.41) is 16.8. The van der Waals surface area contributed by atoms with E-state index >= 15 is 0 Å². The van der Waals surface area contributed by atoms with Crippen molar-refractivity contribution in [1.82, 2.24) is 5.32 Å². The Labute approximate surface area is 128 Å². The zero-order valence-electron chi connectivity index (χ0n) is 12.5. The van der Waals surface area contributed by atoms with Gasteiger partial charge in [0.2, 0.25) is 5.91 Å². The number of thiophene rings is 1. The Balaban J connectivity index is 2.33. The second-order valence-electron chi connectivity index (χ2n) is 5.18. The Morgan fingerprint density at radius 1 is 1.43 bits per heavy atom. The van der Waals surface area contributed by atoms with Crippen LogP contribution in [-0.2, 0) is 9.59 Å². The summed E-state index contributed by atoms with van der Waals surface area (Å²) in [5.41, 5.74) is 0.477. The molecular formula is C14H21N4O2S+. The topological polar surface area (TPSA) is 86.4 Å². The lowest BCUT2D eigenvalue weighted by Gasteiger charge is -2.14. The number of nitriles is 1. The van der Waals surface area contributed by atoms with Crippen molar-refractivity contribution in [3.8, 4) is 6.07 Å². The van der Waals surface area contributed by atoms with E-state index in [9.17, 15) is 9.59 Å². The van der Waals surface area contributed by atoms with E-state index in [1.54, 1.807) is 11.4 Å². The molecule has 6 nitrogen and oxygen atoms in total. The predicted octanol–water partition coefficient (Wildman–Crippen LogP) is -0.0123. The van der Waals surface area contributed by atoms with Crippen molar-refractivity contribution in [2.24, 2.45) is 0 Å². The minimum Gasteiger partial charge on any atom is -0.349 e. The highest BCUT2D eigenvalue weighted by molar-refractivity contribution is 7.14. The highest BCUT2D eigenvalue weighted by Gasteiger charge is 2.13. The summed E-state index contributed by atoms with van der Waals surface area (Å²) in [4.78, 5) is 24.4. The molecule has 0 fully saturated rings. The zero-order valence-corrected chi connectivity index (χ0v) is 13.3. The van der Waals surface area contributed by atoms with Gasteiger partial charge in [0.05, 0.1) is 25.6 Å². The van der Waals surface area contributed by atoms with Crippen LogP contribution in [-0.4, -0.2) is 38.0 Å². The van der Waals surface area contributed by atoms with E-state index in [1.165, 1.54) is 11.3 Å². The fraction of sp³-hybridized carbons (Fsp3) is 0.500. The van der Waals surface area contributed by atoms with E-state index in [4.69, 9.17) is 5.26 Å². The minimum absolute atomic E-state index is 0.0204. The lowest BCUT2D eigenvalue weighted by molar-refractivity contribution is -0.870. The number of amides is 2. The third-order valence-electron chi connectivity index (χ3n) is 2.73. The average Bonchev–Trinajstić information content (AvgIpc) is 2.82. The van der Waals surface area contributed by atoms with Crippen LogP contribution in [0.2, 0.25) is 0 Å². The lowest BCUT2D eigenvalue weighted by atomic mass is 10.3. The van der Waals surface area contributed by atoms with E-state index in [0.29, 0.717) is 30.1 Å². The molecule has 0 aliphatic rings. The number of nitrogens with one attached hydrogen (secondary N) is 3. The summed E-state index contributed by atoms with van der Waals surface area (Å²) < 4.78 is 0. The van der Waals surface area contributed by atoms with E-state index in [-0.39, 0.29) is 17.9 Å². The fourth-order valence-electron chi connectivity index (χ4n) is 1.75. The van der Waals surface area contributed by atoms with E-state index in [1.807, 2.05) is 27.0 Å². The molecule has 1 aromatic heterocycles. The summed E-state index contributed by atoms with van der Waals surface area (Å²) >= 11 is 1.33. The van der Waals surface area contributed by atoms with Gasteiger partial charge in [0.1, 0.15) is 11.1 Å². The maximum absolute atomic E-state index is 11.8. The molecule has 2 amide bonds. The molecule has 1 unspecified atom stereocenters. The first-order chi connectivity index (χ1) is 9.92. The average molecular weight is 309 g/mol. The third kappa shape index (κ3) is 6.38. The largest absolute Gasteiger partial charge is 0.349 e. The number of anilines is 1. The highest BCUT2D eigenvalue weighted by Crippen LogP contribution is 2.21. The second-order valence-corrected chi connectivity index (χ2v) is 6.10. The molecule has 1 heterocycles. The fourth-order valence-corrected chi connectivity index (χ4v) is 2.50. The molecule has 1 aromatic rings. The van der Waals surface area contributed by atoms with Crippen LogP contribution in [0, 0.1) is 11.3 Å². The molecule has 1 rings (SSSR count). The maximum atomic E-state index is 11.8.